The monoisotopic (exact) mass is 204 g/mol. The van der Waals surface area contributed by atoms with Crippen LogP contribution in [0, 0.1) is 5.92 Å². The molecule has 0 aromatic rings. The molecule has 2 N–H and O–H groups in total. The van der Waals surface area contributed by atoms with Gasteiger partial charge in [-0.3, -0.25) is 0 Å². The molecule has 0 radical (unpaired) electrons. The van der Waals surface area contributed by atoms with Crippen molar-refractivity contribution in [3.05, 3.63) is 0 Å². The smallest absolute Gasteiger partial charge is 0.163 e. The summed E-state index contributed by atoms with van der Waals surface area (Å²) in [5, 5.41) is 19.2. The molecule has 1 aliphatic heterocycles. The molecule has 1 fully saturated rings. The molecule has 84 valence electrons. The quantitative estimate of drug-likeness (QED) is 0.703. The highest BCUT2D eigenvalue weighted by Gasteiger charge is 2.40. The first kappa shape index (κ1) is 11.9. The van der Waals surface area contributed by atoms with Crippen molar-refractivity contribution in [3.63, 3.8) is 0 Å². The standard InChI is InChI=1S/C10H20O4/c1-4-5-13-10-6(2)8(11)9(12)7(3)14-10/h6-12H,4-5H2,1-3H3/t6-,7-,8-,9+,10+/m0/s1. The van der Waals surface area contributed by atoms with E-state index in [2.05, 4.69) is 0 Å². The predicted molar refractivity (Wildman–Crippen MR) is 51.8 cm³/mol. The van der Waals surface area contributed by atoms with Gasteiger partial charge in [-0.2, -0.15) is 0 Å². The number of hydrogen-bond donors (Lipinski definition) is 2. The van der Waals surface area contributed by atoms with E-state index in [4.69, 9.17) is 9.47 Å². The van der Waals surface area contributed by atoms with Crippen LogP contribution in [-0.2, 0) is 9.47 Å². The van der Waals surface area contributed by atoms with Crippen molar-refractivity contribution >= 4 is 0 Å². The molecule has 0 saturated carbocycles. The van der Waals surface area contributed by atoms with Crippen LogP contribution in [-0.4, -0.2) is 41.4 Å². The summed E-state index contributed by atoms with van der Waals surface area (Å²) in [6, 6.07) is 0. The lowest BCUT2D eigenvalue weighted by atomic mass is 9.93. The fraction of sp³-hybridized carbons (Fsp3) is 1.00. The number of hydrogen-bond acceptors (Lipinski definition) is 4. The third-order valence-electron chi connectivity index (χ3n) is 2.63. The molecular weight excluding hydrogens is 184 g/mol. The van der Waals surface area contributed by atoms with Crippen LogP contribution in [0.5, 0.6) is 0 Å². The van der Waals surface area contributed by atoms with E-state index in [9.17, 15) is 10.2 Å². The molecule has 0 spiro atoms. The topological polar surface area (TPSA) is 58.9 Å². The van der Waals surface area contributed by atoms with Gasteiger partial charge in [-0.1, -0.05) is 13.8 Å². The lowest BCUT2D eigenvalue weighted by Gasteiger charge is -2.39. The molecule has 1 saturated heterocycles. The molecule has 4 nitrogen and oxygen atoms in total. The molecule has 0 amide bonds. The third-order valence-corrected chi connectivity index (χ3v) is 2.63. The molecule has 1 heterocycles. The van der Waals surface area contributed by atoms with Crippen molar-refractivity contribution < 1.29 is 19.7 Å². The van der Waals surface area contributed by atoms with Crippen molar-refractivity contribution in [2.24, 2.45) is 5.92 Å². The van der Waals surface area contributed by atoms with E-state index in [1.165, 1.54) is 0 Å². The first-order chi connectivity index (χ1) is 6.57. The number of rotatable bonds is 3. The second kappa shape index (κ2) is 5.07. The molecule has 0 aromatic carbocycles. The molecular formula is C10H20O4. The highest BCUT2D eigenvalue weighted by atomic mass is 16.7. The van der Waals surface area contributed by atoms with Gasteiger partial charge in [-0.05, 0) is 13.3 Å². The van der Waals surface area contributed by atoms with E-state index in [0.29, 0.717) is 6.61 Å². The minimum absolute atomic E-state index is 0.187. The molecule has 0 aliphatic carbocycles. The Labute approximate surface area is 84.8 Å². The molecule has 14 heavy (non-hydrogen) atoms. The summed E-state index contributed by atoms with van der Waals surface area (Å²) >= 11 is 0. The highest BCUT2D eigenvalue weighted by Crippen LogP contribution is 2.26. The summed E-state index contributed by atoms with van der Waals surface area (Å²) in [5.41, 5.74) is 0. The molecule has 4 heteroatoms. The van der Waals surface area contributed by atoms with Crippen LogP contribution in [0.15, 0.2) is 0 Å². The van der Waals surface area contributed by atoms with Crippen molar-refractivity contribution in [2.75, 3.05) is 6.61 Å². The normalized spacial score (nSPS) is 43.9. The van der Waals surface area contributed by atoms with Crippen molar-refractivity contribution in [1.82, 2.24) is 0 Å². The van der Waals surface area contributed by atoms with Crippen molar-refractivity contribution in [3.8, 4) is 0 Å². The Morgan fingerprint density at radius 3 is 2.43 bits per heavy atom. The van der Waals surface area contributed by atoms with Gasteiger partial charge in [0.1, 0.15) is 6.10 Å². The van der Waals surface area contributed by atoms with E-state index in [-0.39, 0.29) is 12.0 Å². The molecule has 0 aromatic heterocycles. The van der Waals surface area contributed by atoms with Gasteiger partial charge in [-0.15, -0.1) is 0 Å². The maximum Gasteiger partial charge on any atom is 0.163 e. The second-order valence-corrected chi connectivity index (χ2v) is 3.92. The Morgan fingerprint density at radius 2 is 1.86 bits per heavy atom. The summed E-state index contributed by atoms with van der Waals surface area (Å²) in [6.45, 7) is 6.19. The SMILES string of the molecule is CCCO[C@@H]1O[C@@H](C)[C@@H](O)[C@@H](O)[C@@H]1C. The van der Waals surface area contributed by atoms with Crippen LogP contribution in [0.2, 0.25) is 0 Å². The Bertz CT molecular complexity index is 174. The summed E-state index contributed by atoms with van der Waals surface area (Å²) in [6.07, 6.45) is -1.43. The van der Waals surface area contributed by atoms with Crippen LogP contribution < -0.4 is 0 Å². The number of aliphatic hydroxyl groups excluding tert-OH is 2. The average Bonchev–Trinajstić information content (AvgIpc) is 2.18. The average molecular weight is 204 g/mol. The van der Waals surface area contributed by atoms with Crippen LogP contribution in [0.1, 0.15) is 27.2 Å². The van der Waals surface area contributed by atoms with Gasteiger partial charge in [0, 0.05) is 12.5 Å². The van der Waals surface area contributed by atoms with Crippen LogP contribution >= 0.6 is 0 Å². The van der Waals surface area contributed by atoms with E-state index >= 15 is 0 Å². The lowest BCUT2D eigenvalue weighted by Crippen LogP contribution is -2.53. The predicted octanol–water partition coefficient (Wildman–Crippen LogP) is 0.516. The molecule has 1 aliphatic rings. The maximum atomic E-state index is 9.68. The van der Waals surface area contributed by atoms with E-state index in [1.54, 1.807) is 6.92 Å². The minimum atomic E-state index is -0.813. The fourth-order valence-corrected chi connectivity index (χ4v) is 1.59. The van der Waals surface area contributed by atoms with Gasteiger partial charge in [0.05, 0.1) is 12.2 Å². The van der Waals surface area contributed by atoms with Gasteiger partial charge in [0.15, 0.2) is 6.29 Å². The Balaban J connectivity index is 2.52. The minimum Gasteiger partial charge on any atom is -0.390 e. The van der Waals surface area contributed by atoms with Gasteiger partial charge in [0.25, 0.3) is 0 Å². The molecule has 0 unspecified atom stereocenters. The maximum absolute atomic E-state index is 9.68. The second-order valence-electron chi connectivity index (χ2n) is 3.92. The van der Waals surface area contributed by atoms with Gasteiger partial charge < -0.3 is 19.7 Å². The van der Waals surface area contributed by atoms with Crippen molar-refractivity contribution in [1.29, 1.82) is 0 Å². The van der Waals surface area contributed by atoms with E-state index < -0.39 is 18.5 Å². The van der Waals surface area contributed by atoms with Crippen LogP contribution in [0.4, 0.5) is 0 Å². The first-order valence-electron chi connectivity index (χ1n) is 5.21. The highest BCUT2D eigenvalue weighted by molar-refractivity contribution is 4.84. The van der Waals surface area contributed by atoms with E-state index in [0.717, 1.165) is 6.42 Å². The fourth-order valence-electron chi connectivity index (χ4n) is 1.59. The molecule has 5 atom stereocenters. The number of aliphatic hydroxyl groups is 2. The lowest BCUT2D eigenvalue weighted by molar-refractivity contribution is -0.272. The van der Waals surface area contributed by atoms with Gasteiger partial charge in [-0.25, -0.2) is 0 Å². The van der Waals surface area contributed by atoms with Gasteiger partial charge >= 0.3 is 0 Å². The zero-order valence-corrected chi connectivity index (χ0v) is 9.01. The number of ether oxygens (including phenoxy) is 2. The van der Waals surface area contributed by atoms with E-state index in [1.807, 2.05) is 13.8 Å². The first-order valence-corrected chi connectivity index (χ1v) is 5.21. The molecule has 0 bridgehead atoms. The Morgan fingerprint density at radius 1 is 1.21 bits per heavy atom. The Hall–Kier alpha value is -0.160. The largest absolute Gasteiger partial charge is 0.390 e. The summed E-state index contributed by atoms with van der Waals surface area (Å²) in [7, 11) is 0. The third kappa shape index (κ3) is 2.45. The summed E-state index contributed by atoms with van der Waals surface area (Å²) in [5.74, 6) is -0.187. The van der Waals surface area contributed by atoms with Crippen LogP contribution in [0.3, 0.4) is 0 Å². The Kier molecular flexibility index (Phi) is 4.31. The van der Waals surface area contributed by atoms with Crippen molar-refractivity contribution in [2.45, 2.75) is 51.8 Å². The van der Waals surface area contributed by atoms with Gasteiger partial charge in [0.2, 0.25) is 0 Å². The zero-order valence-electron chi connectivity index (χ0n) is 9.01. The van der Waals surface area contributed by atoms with Crippen LogP contribution in [0.25, 0.3) is 0 Å². The zero-order chi connectivity index (χ0) is 10.7. The summed E-state index contributed by atoms with van der Waals surface area (Å²) in [4.78, 5) is 0. The summed E-state index contributed by atoms with van der Waals surface area (Å²) < 4.78 is 10.9. The molecule has 1 rings (SSSR count).